The van der Waals surface area contributed by atoms with Gasteiger partial charge in [0.05, 0.1) is 6.42 Å². The van der Waals surface area contributed by atoms with Crippen molar-refractivity contribution in [1.29, 1.82) is 0 Å². The van der Waals surface area contributed by atoms with Crippen LogP contribution in [-0.4, -0.2) is 34.4 Å². The van der Waals surface area contributed by atoms with Crippen LogP contribution in [0, 0.1) is 0 Å². The highest BCUT2D eigenvalue weighted by Crippen LogP contribution is 2.33. The summed E-state index contributed by atoms with van der Waals surface area (Å²) in [6, 6.07) is 17.7. The van der Waals surface area contributed by atoms with Crippen LogP contribution in [0.2, 0.25) is 0 Å². The van der Waals surface area contributed by atoms with Crippen molar-refractivity contribution in [2.24, 2.45) is 0 Å². The van der Waals surface area contributed by atoms with E-state index in [1.54, 1.807) is 47.5 Å². The summed E-state index contributed by atoms with van der Waals surface area (Å²) in [6.45, 7) is 0.473. The van der Waals surface area contributed by atoms with Crippen LogP contribution in [0.25, 0.3) is 0 Å². The van der Waals surface area contributed by atoms with E-state index in [1.165, 1.54) is 12.1 Å². The Kier molecular flexibility index (Phi) is 6.44. The molecule has 170 valence electrons. The fourth-order valence-electron chi connectivity index (χ4n) is 3.96. The van der Waals surface area contributed by atoms with Crippen LogP contribution in [0.5, 0.6) is 0 Å². The number of nitrogens with zero attached hydrogens (tertiary/aromatic N) is 2. The van der Waals surface area contributed by atoms with Crippen molar-refractivity contribution in [1.82, 2.24) is 15.2 Å². The molecule has 0 radical (unpaired) electrons. The van der Waals surface area contributed by atoms with Gasteiger partial charge in [-0.1, -0.05) is 48.5 Å². The predicted molar refractivity (Wildman–Crippen MR) is 116 cm³/mol. The van der Waals surface area contributed by atoms with E-state index < -0.39 is 18.6 Å². The number of halogens is 3. The van der Waals surface area contributed by atoms with Gasteiger partial charge in [-0.05, 0) is 34.9 Å². The Hall–Kier alpha value is -3.68. The monoisotopic (exact) mass is 453 g/mol. The van der Waals surface area contributed by atoms with Gasteiger partial charge in [0, 0.05) is 37.0 Å². The smallest absolute Gasteiger partial charge is 0.350 e. The van der Waals surface area contributed by atoms with Gasteiger partial charge in [0.1, 0.15) is 6.04 Å². The van der Waals surface area contributed by atoms with Crippen LogP contribution in [0.3, 0.4) is 0 Å². The third-order valence-corrected chi connectivity index (χ3v) is 5.54. The highest BCUT2D eigenvalue weighted by Gasteiger charge is 2.40. The molecule has 33 heavy (non-hydrogen) atoms. The Bertz CT molecular complexity index is 1130. The number of aromatic nitrogens is 1. The lowest BCUT2D eigenvalue weighted by molar-refractivity contribution is -0.127. The number of amides is 2. The lowest BCUT2D eigenvalue weighted by Gasteiger charge is -2.24. The van der Waals surface area contributed by atoms with Gasteiger partial charge in [-0.2, -0.15) is 13.2 Å². The summed E-state index contributed by atoms with van der Waals surface area (Å²) in [5, 5.41) is 2.83. The molecule has 3 aromatic rings. The van der Waals surface area contributed by atoms with Crippen molar-refractivity contribution in [3.8, 4) is 0 Å². The largest absolute Gasteiger partial charge is 0.393 e. The maximum atomic E-state index is 13.1. The first kappa shape index (κ1) is 22.5. The number of carbonyl (C=O) groups excluding carboxylic acids is 2. The maximum Gasteiger partial charge on any atom is 0.393 e. The number of hydrogen-bond donors (Lipinski definition) is 1. The van der Waals surface area contributed by atoms with Gasteiger partial charge in [0.25, 0.3) is 5.91 Å². The summed E-state index contributed by atoms with van der Waals surface area (Å²) in [5.74, 6) is -0.549. The summed E-state index contributed by atoms with van der Waals surface area (Å²) >= 11 is 0. The van der Waals surface area contributed by atoms with Crippen molar-refractivity contribution in [2.75, 3.05) is 6.54 Å². The zero-order chi connectivity index (χ0) is 23.4. The molecular formula is C25H22F3N3O2. The summed E-state index contributed by atoms with van der Waals surface area (Å²) in [7, 11) is 0. The molecular weight excluding hydrogens is 431 g/mol. The van der Waals surface area contributed by atoms with Crippen LogP contribution in [0.4, 0.5) is 13.2 Å². The van der Waals surface area contributed by atoms with E-state index in [0.29, 0.717) is 29.7 Å². The molecule has 2 heterocycles. The second-order valence-corrected chi connectivity index (χ2v) is 7.89. The van der Waals surface area contributed by atoms with Gasteiger partial charge in [-0.15, -0.1) is 0 Å². The molecule has 4 rings (SSSR count). The first-order chi connectivity index (χ1) is 15.8. The first-order valence-electron chi connectivity index (χ1n) is 10.5. The zero-order valence-electron chi connectivity index (χ0n) is 17.7. The fourth-order valence-corrected chi connectivity index (χ4v) is 3.96. The van der Waals surface area contributed by atoms with E-state index in [4.69, 9.17) is 0 Å². The fraction of sp³-hybridized carbons (Fsp3) is 0.240. The molecule has 1 aliphatic heterocycles. The zero-order valence-corrected chi connectivity index (χ0v) is 17.7. The van der Waals surface area contributed by atoms with Crippen molar-refractivity contribution in [3.63, 3.8) is 0 Å². The molecule has 0 aliphatic carbocycles. The van der Waals surface area contributed by atoms with E-state index in [9.17, 15) is 22.8 Å². The molecule has 0 bridgehead atoms. The van der Waals surface area contributed by atoms with Gasteiger partial charge in [-0.25, -0.2) is 0 Å². The standard InChI is InChI=1S/C25H22F3N3O2/c26-25(27,28)15-17-8-10-18(11-9-17)16-30-23(32)22-20-6-1-2-7-21(20)24(33)31(22)14-12-19-5-3-4-13-29-19/h1-11,13,22H,12,14-16H2,(H,30,32). The molecule has 0 fully saturated rings. The molecule has 5 nitrogen and oxygen atoms in total. The van der Waals surface area contributed by atoms with Gasteiger partial charge >= 0.3 is 6.18 Å². The van der Waals surface area contributed by atoms with Crippen LogP contribution in [0.1, 0.15) is 38.8 Å². The Labute approximate surface area is 189 Å². The van der Waals surface area contributed by atoms with Crippen LogP contribution in [-0.2, 0) is 24.2 Å². The molecule has 0 saturated carbocycles. The Morgan fingerprint density at radius 2 is 1.67 bits per heavy atom. The number of carbonyl (C=O) groups is 2. The minimum absolute atomic E-state index is 0.145. The summed E-state index contributed by atoms with van der Waals surface area (Å²) in [6.07, 6.45) is -3.08. The molecule has 1 aromatic heterocycles. The van der Waals surface area contributed by atoms with Crippen molar-refractivity contribution >= 4 is 11.8 Å². The first-order valence-corrected chi connectivity index (χ1v) is 10.5. The third-order valence-electron chi connectivity index (χ3n) is 5.54. The highest BCUT2D eigenvalue weighted by atomic mass is 19.4. The molecule has 1 atom stereocenters. The number of benzene rings is 2. The summed E-state index contributed by atoms with van der Waals surface area (Å²) < 4.78 is 37.6. The second-order valence-electron chi connectivity index (χ2n) is 7.89. The summed E-state index contributed by atoms with van der Waals surface area (Å²) in [4.78, 5) is 31.9. The van der Waals surface area contributed by atoms with Crippen LogP contribution < -0.4 is 5.32 Å². The SMILES string of the molecule is O=C(NCc1ccc(CC(F)(F)F)cc1)C1c2ccccc2C(=O)N1CCc1ccccn1. The Balaban J connectivity index is 1.46. The molecule has 1 aliphatic rings. The van der Waals surface area contributed by atoms with Gasteiger partial charge in [0.15, 0.2) is 0 Å². The van der Waals surface area contributed by atoms with Gasteiger partial charge in [0.2, 0.25) is 5.91 Å². The Morgan fingerprint density at radius 3 is 2.36 bits per heavy atom. The lowest BCUT2D eigenvalue weighted by atomic mass is 10.0. The minimum Gasteiger partial charge on any atom is -0.350 e. The van der Waals surface area contributed by atoms with Gasteiger partial charge in [-0.3, -0.25) is 14.6 Å². The molecule has 1 N–H and O–H groups in total. The van der Waals surface area contributed by atoms with E-state index in [0.717, 1.165) is 5.69 Å². The van der Waals surface area contributed by atoms with Crippen molar-refractivity contribution in [2.45, 2.75) is 31.6 Å². The van der Waals surface area contributed by atoms with E-state index in [-0.39, 0.29) is 23.9 Å². The second kappa shape index (κ2) is 9.44. The number of alkyl halides is 3. The molecule has 0 saturated heterocycles. The molecule has 2 amide bonds. The molecule has 1 unspecified atom stereocenters. The van der Waals surface area contributed by atoms with Gasteiger partial charge < -0.3 is 10.2 Å². The minimum atomic E-state index is -4.27. The van der Waals surface area contributed by atoms with E-state index >= 15 is 0 Å². The maximum absolute atomic E-state index is 13.1. The van der Waals surface area contributed by atoms with Crippen molar-refractivity contribution in [3.05, 3.63) is 101 Å². The van der Waals surface area contributed by atoms with Crippen molar-refractivity contribution < 1.29 is 22.8 Å². The van der Waals surface area contributed by atoms with E-state index in [1.807, 2.05) is 18.2 Å². The third kappa shape index (κ3) is 5.39. The molecule has 0 spiro atoms. The lowest BCUT2D eigenvalue weighted by Crippen LogP contribution is -2.40. The van der Waals surface area contributed by atoms with Crippen LogP contribution in [0.15, 0.2) is 72.9 Å². The summed E-state index contributed by atoms with van der Waals surface area (Å²) in [5.41, 5.74) is 2.79. The van der Waals surface area contributed by atoms with E-state index in [2.05, 4.69) is 10.3 Å². The highest BCUT2D eigenvalue weighted by molar-refractivity contribution is 6.04. The topological polar surface area (TPSA) is 62.3 Å². The molecule has 2 aromatic carbocycles. The molecule has 8 heteroatoms. The average molecular weight is 453 g/mol. The number of nitrogens with one attached hydrogen (secondary N) is 1. The Morgan fingerprint density at radius 1 is 0.970 bits per heavy atom. The predicted octanol–water partition coefficient (Wildman–Crippen LogP) is 4.24. The number of fused-ring (bicyclic) bond motifs is 1. The quantitative estimate of drug-likeness (QED) is 0.582. The normalized spacial score (nSPS) is 15.4. The number of hydrogen-bond acceptors (Lipinski definition) is 3. The average Bonchev–Trinajstić information content (AvgIpc) is 3.08. The van der Waals surface area contributed by atoms with Crippen LogP contribution >= 0.6 is 0 Å². The number of rotatable bonds is 7. The number of pyridine rings is 1.